The predicted molar refractivity (Wildman–Crippen MR) is 132 cm³/mol. The smallest absolute Gasteiger partial charge is 0.251 e. The summed E-state index contributed by atoms with van der Waals surface area (Å²) in [6, 6.07) is 12.4. The average molecular weight is 485 g/mol. The van der Waals surface area contributed by atoms with Crippen molar-refractivity contribution in [2.75, 3.05) is 13.1 Å². The number of hydrogen-bond acceptors (Lipinski definition) is 4. The van der Waals surface area contributed by atoms with E-state index in [4.69, 9.17) is 10.8 Å². The molecule has 35 heavy (non-hydrogen) atoms. The van der Waals surface area contributed by atoms with Crippen molar-refractivity contribution in [3.63, 3.8) is 0 Å². The van der Waals surface area contributed by atoms with Crippen LogP contribution in [0, 0.1) is 17.0 Å². The van der Waals surface area contributed by atoms with Crippen molar-refractivity contribution in [2.45, 2.75) is 52.7 Å². The zero-order valence-electron chi connectivity index (χ0n) is 20.7. The molecule has 0 fully saturated rings. The molecule has 3 aromatic rings. The van der Waals surface area contributed by atoms with Crippen LogP contribution in [-0.2, 0) is 11.2 Å². The van der Waals surface area contributed by atoms with Crippen LogP contribution in [-0.4, -0.2) is 44.9 Å². The molecule has 6 nitrogen and oxygen atoms in total. The van der Waals surface area contributed by atoms with Gasteiger partial charge in [0.1, 0.15) is 23.4 Å². The molecule has 0 aliphatic carbocycles. The van der Waals surface area contributed by atoms with Crippen molar-refractivity contribution in [3.05, 3.63) is 83.2 Å². The van der Waals surface area contributed by atoms with Gasteiger partial charge in [0.2, 0.25) is 0 Å². The molecule has 0 bridgehead atoms. The SMILES string of the molecule is C[C@H](O)C(=O)N(CCCN)[C@@H](c1nn(-c2cc(F)ccc2F)cc1Cc1ccccc1)C(C)(C)C. The Morgan fingerprint density at radius 1 is 1.17 bits per heavy atom. The Morgan fingerprint density at radius 2 is 1.86 bits per heavy atom. The zero-order valence-corrected chi connectivity index (χ0v) is 20.7. The molecule has 3 N–H and O–H groups in total. The van der Waals surface area contributed by atoms with Crippen molar-refractivity contribution in [3.8, 4) is 5.69 Å². The van der Waals surface area contributed by atoms with E-state index < -0.39 is 35.1 Å². The van der Waals surface area contributed by atoms with Crippen LogP contribution in [0.4, 0.5) is 8.78 Å². The third-order valence-corrected chi connectivity index (χ3v) is 5.85. The molecule has 0 aliphatic rings. The van der Waals surface area contributed by atoms with Crippen LogP contribution in [0.1, 0.15) is 57.0 Å². The highest BCUT2D eigenvalue weighted by Crippen LogP contribution is 2.40. The average Bonchev–Trinajstić information content (AvgIpc) is 3.19. The van der Waals surface area contributed by atoms with Gasteiger partial charge in [0.25, 0.3) is 5.91 Å². The maximum Gasteiger partial charge on any atom is 0.251 e. The van der Waals surface area contributed by atoms with Crippen LogP contribution in [0.5, 0.6) is 0 Å². The molecule has 3 rings (SSSR count). The van der Waals surface area contributed by atoms with E-state index in [1.807, 2.05) is 51.1 Å². The summed E-state index contributed by atoms with van der Waals surface area (Å²) in [5.74, 6) is -1.63. The van der Waals surface area contributed by atoms with E-state index in [9.17, 15) is 18.7 Å². The number of carbonyl (C=O) groups excluding carboxylic acids is 1. The molecular weight excluding hydrogens is 450 g/mol. The van der Waals surface area contributed by atoms with Gasteiger partial charge in [0.05, 0.1) is 11.7 Å². The van der Waals surface area contributed by atoms with Crippen molar-refractivity contribution in [1.29, 1.82) is 0 Å². The van der Waals surface area contributed by atoms with Crippen LogP contribution in [0.3, 0.4) is 0 Å². The summed E-state index contributed by atoms with van der Waals surface area (Å²) in [7, 11) is 0. The highest BCUT2D eigenvalue weighted by atomic mass is 19.1. The van der Waals surface area contributed by atoms with Crippen LogP contribution in [0.25, 0.3) is 5.69 Å². The Morgan fingerprint density at radius 3 is 2.46 bits per heavy atom. The van der Waals surface area contributed by atoms with E-state index in [1.165, 1.54) is 11.6 Å². The first-order valence-electron chi connectivity index (χ1n) is 11.8. The maximum absolute atomic E-state index is 14.7. The van der Waals surface area contributed by atoms with Gasteiger partial charge < -0.3 is 15.7 Å². The number of nitrogens with zero attached hydrogens (tertiary/aromatic N) is 3. The van der Waals surface area contributed by atoms with Crippen molar-refractivity contribution in [1.82, 2.24) is 14.7 Å². The molecule has 1 heterocycles. The number of aliphatic hydroxyl groups is 1. The van der Waals surface area contributed by atoms with Gasteiger partial charge in [0.15, 0.2) is 0 Å². The van der Waals surface area contributed by atoms with Crippen LogP contribution < -0.4 is 5.73 Å². The molecule has 2 aromatic carbocycles. The van der Waals surface area contributed by atoms with Gasteiger partial charge >= 0.3 is 0 Å². The predicted octanol–water partition coefficient (Wildman–Crippen LogP) is 4.39. The Labute approximate surface area is 205 Å². The Balaban J connectivity index is 2.22. The fourth-order valence-electron chi connectivity index (χ4n) is 4.28. The van der Waals surface area contributed by atoms with Crippen LogP contribution >= 0.6 is 0 Å². The van der Waals surface area contributed by atoms with E-state index in [2.05, 4.69) is 0 Å². The minimum absolute atomic E-state index is 0.0198. The Kier molecular flexibility index (Phi) is 8.40. The molecular formula is C27H34F2N4O2. The summed E-state index contributed by atoms with van der Waals surface area (Å²) in [5, 5.41) is 14.9. The molecule has 0 radical (unpaired) electrons. The second-order valence-corrected chi connectivity index (χ2v) is 9.86. The van der Waals surface area contributed by atoms with Gasteiger partial charge in [0, 0.05) is 30.8 Å². The number of rotatable bonds is 9. The van der Waals surface area contributed by atoms with Gasteiger partial charge in [-0.2, -0.15) is 5.10 Å². The first-order chi connectivity index (χ1) is 16.5. The lowest BCUT2D eigenvalue weighted by Gasteiger charge is -2.40. The maximum atomic E-state index is 14.7. The first kappa shape index (κ1) is 26.5. The van der Waals surface area contributed by atoms with Crippen molar-refractivity contribution < 1.29 is 18.7 Å². The topological polar surface area (TPSA) is 84.4 Å². The van der Waals surface area contributed by atoms with Gasteiger partial charge in [-0.1, -0.05) is 51.1 Å². The molecule has 0 saturated heterocycles. The minimum Gasteiger partial charge on any atom is -0.384 e. The lowest BCUT2D eigenvalue weighted by atomic mass is 9.81. The summed E-state index contributed by atoms with van der Waals surface area (Å²) in [6.07, 6.45) is 1.50. The second kappa shape index (κ2) is 11.1. The monoisotopic (exact) mass is 484 g/mol. The first-order valence-corrected chi connectivity index (χ1v) is 11.8. The van der Waals surface area contributed by atoms with Gasteiger partial charge in [-0.15, -0.1) is 0 Å². The zero-order chi connectivity index (χ0) is 25.8. The highest BCUT2D eigenvalue weighted by molar-refractivity contribution is 5.80. The number of aromatic nitrogens is 2. The van der Waals surface area contributed by atoms with E-state index >= 15 is 0 Å². The third-order valence-electron chi connectivity index (χ3n) is 5.85. The molecule has 0 aliphatic heterocycles. The largest absolute Gasteiger partial charge is 0.384 e. The molecule has 0 saturated carbocycles. The fraction of sp³-hybridized carbons (Fsp3) is 0.407. The summed E-state index contributed by atoms with van der Waals surface area (Å²) in [4.78, 5) is 14.8. The number of aliphatic hydroxyl groups excluding tert-OH is 1. The van der Waals surface area contributed by atoms with E-state index in [0.29, 0.717) is 31.6 Å². The fourth-order valence-corrected chi connectivity index (χ4v) is 4.28. The van der Waals surface area contributed by atoms with Gasteiger partial charge in [-0.25, -0.2) is 13.5 Å². The lowest BCUT2D eigenvalue weighted by Crippen LogP contribution is -2.46. The molecule has 1 amide bonds. The second-order valence-electron chi connectivity index (χ2n) is 9.86. The van der Waals surface area contributed by atoms with E-state index in [1.54, 1.807) is 11.1 Å². The number of amides is 1. The van der Waals surface area contributed by atoms with Crippen molar-refractivity contribution >= 4 is 5.91 Å². The molecule has 188 valence electrons. The summed E-state index contributed by atoms with van der Waals surface area (Å²) >= 11 is 0. The molecule has 0 spiro atoms. The number of halogens is 2. The normalized spacial score (nSPS) is 13.5. The minimum atomic E-state index is -1.21. The molecule has 0 unspecified atom stereocenters. The number of hydrogen-bond donors (Lipinski definition) is 2. The number of nitrogens with two attached hydrogens (primary N) is 1. The summed E-state index contributed by atoms with van der Waals surface area (Å²) in [5.41, 5.74) is 7.58. The highest BCUT2D eigenvalue weighted by Gasteiger charge is 2.39. The summed E-state index contributed by atoms with van der Waals surface area (Å²) < 4.78 is 30.0. The molecule has 8 heteroatoms. The number of benzene rings is 2. The molecule has 2 atom stereocenters. The van der Waals surface area contributed by atoms with Gasteiger partial charge in [-0.05, 0) is 43.0 Å². The van der Waals surface area contributed by atoms with E-state index in [0.717, 1.165) is 29.3 Å². The lowest BCUT2D eigenvalue weighted by molar-refractivity contribution is -0.144. The summed E-state index contributed by atoms with van der Waals surface area (Å²) in [6.45, 7) is 8.08. The van der Waals surface area contributed by atoms with Crippen LogP contribution in [0.15, 0.2) is 54.7 Å². The van der Waals surface area contributed by atoms with Gasteiger partial charge in [-0.3, -0.25) is 4.79 Å². The quantitative estimate of drug-likeness (QED) is 0.472. The van der Waals surface area contributed by atoms with E-state index in [-0.39, 0.29) is 5.69 Å². The van der Waals surface area contributed by atoms with Crippen LogP contribution in [0.2, 0.25) is 0 Å². The standard InChI is InChI=1S/C27H34F2N4O2/c1-18(34)26(35)32(14-8-13-30)25(27(2,3)4)24-20(15-19-9-6-5-7-10-19)17-33(31-24)23-16-21(28)11-12-22(23)29/h5-7,9-12,16-18,25,34H,8,13-15,30H2,1-4H3/t18-,25-/m0/s1. The Hall–Kier alpha value is -3.10. The number of carbonyl (C=O) groups is 1. The third kappa shape index (κ3) is 6.32. The van der Waals surface area contributed by atoms with Crippen molar-refractivity contribution in [2.24, 2.45) is 11.1 Å². The molecule has 1 aromatic heterocycles. The Bertz CT molecular complexity index is 1140.